The van der Waals surface area contributed by atoms with Gasteiger partial charge in [0.05, 0.1) is 26.9 Å². The number of pyridine rings is 1. The Morgan fingerprint density at radius 1 is 1.17 bits per heavy atom. The Kier molecular flexibility index (Phi) is 7.26. The second kappa shape index (κ2) is 10.1. The summed E-state index contributed by atoms with van der Waals surface area (Å²) in [7, 11) is 1.60. The third-order valence-corrected chi connectivity index (χ3v) is 4.92. The molecule has 0 saturated heterocycles. The smallest absolute Gasteiger partial charge is 0.253 e. The molecule has 1 heterocycles. The van der Waals surface area contributed by atoms with Gasteiger partial charge in [-0.3, -0.25) is 4.79 Å². The summed E-state index contributed by atoms with van der Waals surface area (Å²) in [5.41, 5.74) is 1.87. The van der Waals surface area contributed by atoms with Crippen molar-refractivity contribution in [2.45, 2.75) is 13.5 Å². The van der Waals surface area contributed by atoms with Gasteiger partial charge < -0.3 is 29.8 Å². The number of fused-ring (bicyclic) bond motifs is 1. The van der Waals surface area contributed by atoms with Crippen LogP contribution < -0.4 is 20.3 Å². The molecule has 0 saturated carbocycles. The molecule has 0 atom stereocenters. The number of H-pyrrole nitrogens is 1. The average molecular weight is 428 g/mol. The monoisotopic (exact) mass is 427 g/mol. The van der Waals surface area contributed by atoms with Gasteiger partial charge in [0.2, 0.25) is 0 Å². The zero-order valence-electron chi connectivity index (χ0n) is 17.0. The maximum atomic E-state index is 12.6. The van der Waals surface area contributed by atoms with Crippen LogP contribution in [0.15, 0.2) is 53.3 Å². The van der Waals surface area contributed by atoms with Crippen LogP contribution in [-0.2, 0) is 6.54 Å². The van der Waals surface area contributed by atoms with Crippen molar-refractivity contribution in [1.29, 1.82) is 0 Å². The first-order chi connectivity index (χ1) is 14.5. The van der Waals surface area contributed by atoms with Crippen LogP contribution in [0, 0.1) is 0 Å². The molecule has 30 heavy (non-hydrogen) atoms. The maximum Gasteiger partial charge on any atom is 0.253 e. The van der Waals surface area contributed by atoms with Crippen LogP contribution in [-0.4, -0.2) is 47.0 Å². The molecule has 3 aromatic rings. The molecular formula is C22H25N3O4S. The van der Waals surface area contributed by atoms with Gasteiger partial charge in [0.15, 0.2) is 5.11 Å². The highest BCUT2D eigenvalue weighted by Crippen LogP contribution is 2.20. The Balaban J connectivity index is 1.79. The predicted octanol–water partition coefficient (Wildman–Crippen LogP) is 3.13. The molecule has 7 nitrogen and oxygen atoms in total. The number of rotatable bonds is 8. The number of anilines is 1. The van der Waals surface area contributed by atoms with Gasteiger partial charge in [0.25, 0.3) is 5.56 Å². The van der Waals surface area contributed by atoms with Crippen LogP contribution in [0.4, 0.5) is 5.69 Å². The number of aliphatic hydroxyl groups is 1. The number of aromatic nitrogens is 1. The van der Waals surface area contributed by atoms with Crippen LogP contribution >= 0.6 is 12.2 Å². The fourth-order valence-electron chi connectivity index (χ4n) is 3.06. The summed E-state index contributed by atoms with van der Waals surface area (Å²) in [6, 6.07) is 14.7. The SMILES string of the molecule is CCOc1ccc(NC(=S)N(CCO)Cc2cc3cc(OC)ccc3[nH]c2=O)cc1. The summed E-state index contributed by atoms with van der Waals surface area (Å²) in [6.45, 7) is 2.98. The Labute approximate surface area is 180 Å². The molecule has 0 fully saturated rings. The Hall–Kier alpha value is -3.10. The topological polar surface area (TPSA) is 86.8 Å². The molecule has 1 aromatic heterocycles. The lowest BCUT2D eigenvalue weighted by Gasteiger charge is -2.25. The zero-order valence-corrected chi connectivity index (χ0v) is 17.8. The third-order valence-electron chi connectivity index (χ3n) is 4.56. The molecular weight excluding hydrogens is 402 g/mol. The largest absolute Gasteiger partial charge is 0.497 e. The van der Waals surface area contributed by atoms with E-state index in [1.54, 1.807) is 18.1 Å². The van der Waals surface area contributed by atoms with Crippen LogP contribution in [0.1, 0.15) is 12.5 Å². The summed E-state index contributed by atoms with van der Waals surface area (Å²) < 4.78 is 10.7. The van der Waals surface area contributed by atoms with Crippen molar-refractivity contribution < 1.29 is 14.6 Å². The van der Waals surface area contributed by atoms with Gasteiger partial charge in [-0.1, -0.05) is 0 Å². The molecule has 0 aliphatic heterocycles. The molecule has 0 amide bonds. The molecule has 158 valence electrons. The van der Waals surface area contributed by atoms with Gasteiger partial charge in [0, 0.05) is 28.7 Å². The van der Waals surface area contributed by atoms with Crippen LogP contribution in [0.3, 0.4) is 0 Å². The van der Waals surface area contributed by atoms with E-state index >= 15 is 0 Å². The van der Waals surface area contributed by atoms with E-state index in [0.717, 1.165) is 22.3 Å². The predicted molar refractivity (Wildman–Crippen MR) is 122 cm³/mol. The van der Waals surface area contributed by atoms with Crippen molar-refractivity contribution >= 4 is 33.9 Å². The normalized spacial score (nSPS) is 10.6. The number of aromatic amines is 1. The van der Waals surface area contributed by atoms with Crippen molar-refractivity contribution in [3.63, 3.8) is 0 Å². The fraction of sp³-hybridized carbons (Fsp3) is 0.273. The quantitative estimate of drug-likeness (QED) is 0.476. The summed E-state index contributed by atoms with van der Waals surface area (Å²) in [5, 5.41) is 13.9. The van der Waals surface area contributed by atoms with E-state index in [1.165, 1.54) is 0 Å². The lowest BCUT2D eigenvalue weighted by Crippen LogP contribution is -2.37. The lowest BCUT2D eigenvalue weighted by molar-refractivity contribution is 0.248. The average Bonchev–Trinajstić information content (AvgIpc) is 2.75. The van der Waals surface area contributed by atoms with E-state index < -0.39 is 0 Å². The van der Waals surface area contributed by atoms with Crippen molar-refractivity contribution in [3.8, 4) is 11.5 Å². The summed E-state index contributed by atoms with van der Waals surface area (Å²) >= 11 is 5.53. The molecule has 0 spiro atoms. The van der Waals surface area contributed by atoms with E-state index in [0.29, 0.717) is 29.6 Å². The van der Waals surface area contributed by atoms with Crippen molar-refractivity contribution in [2.75, 3.05) is 32.2 Å². The first kappa shape index (κ1) is 21.6. The zero-order chi connectivity index (χ0) is 21.5. The van der Waals surface area contributed by atoms with Gasteiger partial charge >= 0.3 is 0 Å². The van der Waals surface area contributed by atoms with E-state index in [4.69, 9.17) is 21.7 Å². The molecule has 0 aliphatic rings. The number of thiocarbonyl (C=S) groups is 1. The van der Waals surface area contributed by atoms with Gasteiger partial charge in [-0.15, -0.1) is 0 Å². The molecule has 2 aromatic carbocycles. The highest BCUT2D eigenvalue weighted by molar-refractivity contribution is 7.80. The van der Waals surface area contributed by atoms with E-state index in [-0.39, 0.29) is 18.7 Å². The minimum atomic E-state index is -0.195. The molecule has 3 N–H and O–H groups in total. The number of benzene rings is 2. The van der Waals surface area contributed by atoms with Gasteiger partial charge in [0.1, 0.15) is 11.5 Å². The van der Waals surface area contributed by atoms with Crippen LogP contribution in [0.5, 0.6) is 11.5 Å². The third kappa shape index (κ3) is 5.28. The summed E-state index contributed by atoms with van der Waals surface area (Å²) in [6.07, 6.45) is 0. The fourth-order valence-corrected chi connectivity index (χ4v) is 3.33. The highest BCUT2D eigenvalue weighted by Gasteiger charge is 2.14. The van der Waals surface area contributed by atoms with Gasteiger partial charge in [-0.05, 0) is 67.7 Å². The minimum Gasteiger partial charge on any atom is -0.497 e. The van der Waals surface area contributed by atoms with Gasteiger partial charge in [-0.2, -0.15) is 0 Å². The first-order valence-corrected chi connectivity index (χ1v) is 10.0. The van der Waals surface area contributed by atoms with Crippen molar-refractivity contribution in [2.24, 2.45) is 0 Å². The highest BCUT2D eigenvalue weighted by atomic mass is 32.1. The Morgan fingerprint density at radius 2 is 1.90 bits per heavy atom. The number of hydrogen-bond acceptors (Lipinski definition) is 5. The standard InChI is InChI=1S/C22H25N3O4S/c1-3-29-18-6-4-17(5-7-18)23-22(30)25(10-11-26)14-16-12-15-13-19(28-2)8-9-20(15)24-21(16)27/h4-9,12-13,26H,3,10-11,14H2,1-2H3,(H,23,30)(H,24,27). The van der Waals surface area contributed by atoms with E-state index in [1.807, 2.05) is 49.4 Å². The number of ether oxygens (including phenoxy) is 2. The molecule has 3 rings (SSSR count). The first-order valence-electron chi connectivity index (χ1n) is 9.63. The molecule has 0 unspecified atom stereocenters. The number of nitrogens with zero attached hydrogens (tertiary/aromatic N) is 1. The maximum absolute atomic E-state index is 12.6. The lowest BCUT2D eigenvalue weighted by atomic mass is 10.1. The second-order valence-electron chi connectivity index (χ2n) is 6.61. The minimum absolute atomic E-state index is 0.0929. The number of nitrogens with one attached hydrogen (secondary N) is 2. The number of methoxy groups -OCH3 is 1. The summed E-state index contributed by atoms with van der Waals surface area (Å²) in [5.74, 6) is 1.49. The second-order valence-corrected chi connectivity index (χ2v) is 7.00. The van der Waals surface area contributed by atoms with Crippen LogP contribution in [0.2, 0.25) is 0 Å². The van der Waals surface area contributed by atoms with Crippen molar-refractivity contribution in [3.05, 3.63) is 64.4 Å². The Bertz CT molecular complexity index is 1070. The van der Waals surface area contributed by atoms with Crippen molar-refractivity contribution in [1.82, 2.24) is 9.88 Å². The van der Waals surface area contributed by atoms with Gasteiger partial charge in [-0.25, -0.2) is 0 Å². The number of aliphatic hydroxyl groups excluding tert-OH is 1. The van der Waals surface area contributed by atoms with E-state index in [9.17, 15) is 9.90 Å². The molecule has 0 radical (unpaired) electrons. The van der Waals surface area contributed by atoms with Crippen LogP contribution in [0.25, 0.3) is 10.9 Å². The van der Waals surface area contributed by atoms with E-state index in [2.05, 4.69) is 10.3 Å². The molecule has 0 aliphatic carbocycles. The molecule has 0 bridgehead atoms. The summed E-state index contributed by atoms with van der Waals surface area (Å²) in [4.78, 5) is 17.2. The number of hydrogen-bond donors (Lipinski definition) is 3. The molecule has 8 heteroatoms. The Morgan fingerprint density at radius 3 is 2.57 bits per heavy atom.